The van der Waals surface area contributed by atoms with Gasteiger partial charge in [-0.25, -0.2) is 0 Å². The third kappa shape index (κ3) is 4.10. The zero-order valence-electron chi connectivity index (χ0n) is 12.4. The van der Waals surface area contributed by atoms with Crippen LogP contribution in [-0.4, -0.2) is 30.0 Å². The number of hydrogen-bond donors (Lipinski definition) is 1. The van der Waals surface area contributed by atoms with E-state index in [2.05, 4.69) is 37.4 Å². The van der Waals surface area contributed by atoms with Gasteiger partial charge in [0.1, 0.15) is 0 Å². The molecule has 0 aliphatic heterocycles. The number of nitrogens with one attached hydrogen (secondary N) is 1. The summed E-state index contributed by atoms with van der Waals surface area (Å²) in [5.74, 6) is 0.541. The first-order chi connectivity index (χ1) is 8.60. The van der Waals surface area contributed by atoms with Crippen molar-refractivity contribution in [1.82, 2.24) is 15.1 Å². The molecule has 1 aromatic rings. The topological polar surface area (TPSA) is 39.1 Å². The van der Waals surface area contributed by atoms with Gasteiger partial charge in [-0.2, -0.15) is 5.10 Å². The van der Waals surface area contributed by atoms with E-state index in [1.165, 1.54) is 5.56 Å². The van der Waals surface area contributed by atoms with Crippen LogP contribution in [0.3, 0.4) is 0 Å². The van der Waals surface area contributed by atoms with Gasteiger partial charge in [0, 0.05) is 38.6 Å². The number of aromatic nitrogens is 2. The minimum atomic E-state index is 0.369. The zero-order valence-corrected chi connectivity index (χ0v) is 12.4. The van der Waals surface area contributed by atoms with Crippen molar-refractivity contribution in [2.45, 2.75) is 39.7 Å². The van der Waals surface area contributed by atoms with Gasteiger partial charge in [-0.05, 0) is 32.2 Å². The largest absolute Gasteiger partial charge is 0.385 e. The summed E-state index contributed by atoms with van der Waals surface area (Å²) in [4.78, 5) is 0. The van der Waals surface area contributed by atoms with Crippen molar-refractivity contribution in [3.63, 3.8) is 0 Å². The minimum Gasteiger partial charge on any atom is -0.385 e. The maximum Gasteiger partial charge on any atom is 0.0641 e. The van der Waals surface area contributed by atoms with Crippen molar-refractivity contribution < 1.29 is 4.74 Å². The Labute approximate surface area is 111 Å². The first-order valence-electron chi connectivity index (χ1n) is 6.82. The van der Waals surface area contributed by atoms with Crippen LogP contribution in [0.5, 0.6) is 0 Å². The third-order valence-corrected chi connectivity index (χ3v) is 3.35. The standard InChI is InChI=1S/C14H27N3O/c1-6-8-15-14(11(2)7-9-18-5)13-10-17(4)16-12(13)3/h10-11,14-15H,6-9H2,1-5H3. The molecule has 18 heavy (non-hydrogen) atoms. The summed E-state index contributed by atoms with van der Waals surface area (Å²) in [5, 5.41) is 8.09. The van der Waals surface area contributed by atoms with E-state index in [0.717, 1.165) is 31.7 Å². The summed E-state index contributed by atoms with van der Waals surface area (Å²) in [6.07, 6.45) is 4.34. The van der Waals surface area contributed by atoms with Crippen molar-refractivity contribution in [3.8, 4) is 0 Å². The van der Waals surface area contributed by atoms with E-state index in [1.54, 1.807) is 7.11 Å². The molecular weight excluding hydrogens is 226 g/mol. The van der Waals surface area contributed by atoms with Crippen LogP contribution in [0.2, 0.25) is 0 Å². The Balaban J connectivity index is 2.79. The van der Waals surface area contributed by atoms with Crippen molar-refractivity contribution in [2.24, 2.45) is 13.0 Å². The molecule has 1 rings (SSSR count). The van der Waals surface area contributed by atoms with Crippen molar-refractivity contribution in [1.29, 1.82) is 0 Å². The van der Waals surface area contributed by atoms with Gasteiger partial charge >= 0.3 is 0 Å². The maximum atomic E-state index is 5.19. The lowest BCUT2D eigenvalue weighted by Gasteiger charge is -2.25. The summed E-state index contributed by atoms with van der Waals surface area (Å²) in [7, 11) is 3.74. The van der Waals surface area contributed by atoms with E-state index < -0.39 is 0 Å². The molecule has 0 spiro atoms. The van der Waals surface area contributed by atoms with Gasteiger partial charge in [-0.15, -0.1) is 0 Å². The zero-order chi connectivity index (χ0) is 13.5. The van der Waals surface area contributed by atoms with Gasteiger partial charge < -0.3 is 10.1 Å². The van der Waals surface area contributed by atoms with Gasteiger partial charge in [0.15, 0.2) is 0 Å². The fourth-order valence-electron chi connectivity index (χ4n) is 2.31. The maximum absolute atomic E-state index is 5.19. The van der Waals surface area contributed by atoms with Gasteiger partial charge in [-0.3, -0.25) is 4.68 Å². The number of nitrogens with zero attached hydrogens (tertiary/aromatic N) is 2. The van der Waals surface area contributed by atoms with Crippen LogP contribution < -0.4 is 5.32 Å². The Hall–Kier alpha value is -0.870. The highest BCUT2D eigenvalue weighted by Crippen LogP contribution is 2.26. The van der Waals surface area contributed by atoms with Gasteiger partial charge in [0.25, 0.3) is 0 Å². The lowest BCUT2D eigenvalue weighted by molar-refractivity contribution is 0.170. The fourth-order valence-corrected chi connectivity index (χ4v) is 2.31. The van der Waals surface area contributed by atoms with E-state index in [0.29, 0.717) is 12.0 Å². The molecular formula is C14H27N3O. The molecule has 4 heteroatoms. The molecule has 0 fully saturated rings. The first kappa shape index (κ1) is 15.2. The average molecular weight is 253 g/mol. The number of hydrogen-bond acceptors (Lipinski definition) is 3. The summed E-state index contributed by atoms with van der Waals surface area (Å²) in [6, 6.07) is 0.369. The number of rotatable bonds is 8. The molecule has 104 valence electrons. The second-order valence-corrected chi connectivity index (χ2v) is 5.03. The lowest BCUT2D eigenvalue weighted by atomic mass is 9.92. The minimum absolute atomic E-state index is 0.369. The molecule has 0 aliphatic rings. The van der Waals surface area contributed by atoms with E-state index in [9.17, 15) is 0 Å². The molecule has 2 atom stereocenters. The molecule has 0 bridgehead atoms. The summed E-state index contributed by atoms with van der Waals surface area (Å²) in [6.45, 7) is 8.40. The van der Waals surface area contributed by atoms with Crippen LogP contribution in [-0.2, 0) is 11.8 Å². The number of ether oxygens (including phenoxy) is 1. The van der Waals surface area contributed by atoms with Crippen molar-refractivity contribution in [2.75, 3.05) is 20.3 Å². The monoisotopic (exact) mass is 253 g/mol. The second kappa shape index (κ2) is 7.54. The molecule has 0 aromatic carbocycles. The molecule has 0 saturated carbocycles. The van der Waals surface area contributed by atoms with E-state index >= 15 is 0 Å². The molecule has 1 N–H and O–H groups in total. The molecule has 1 heterocycles. The highest BCUT2D eigenvalue weighted by Gasteiger charge is 2.21. The summed E-state index contributed by atoms with van der Waals surface area (Å²) >= 11 is 0. The Morgan fingerprint density at radius 3 is 2.72 bits per heavy atom. The van der Waals surface area contributed by atoms with Crippen molar-refractivity contribution >= 4 is 0 Å². The Morgan fingerprint density at radius 1 is 1.50 bits per heavy atom. The third-order valence-electron chi connectivity index (χ3n) is 3.35. The number of aryl methyl sites for hydroxylation is 2. The predicted molar refractivity (Wildman–Crippen MR) is 74.6 cm³/mol. The van der Waals surface area contributed by atoms with Gasteiger partial charge in [0.2, 0.25) is 0 Å². The smallest absolute Gasteiger partial charge is 0.0641 e. The SMILES string of the molecule is CCCNC(c1cn(C)nc1C)C(C)CCOC. The van der Waals surface area contributed by atoms with Crippen LogP contribution in [0.25, 0.3) is 0 Å². The molecule has 2 unspecified atom stereocenters. The number of methoxy groups -OCH3 is 1. The summed E-state index contributed by atoms with van der Waals surface area (Å²) < 4.78 is 7.09. The highest BCUT2D eigenvalue weighted by atomic mass is 16.5. The van der Waals surface area contributed by atoms with Crippen molar-refractivity contribution in [3.05, 3.63) is 17.5 Å². The van der Waals surface area contributed by atoms with Crippen LogP contribution in [0.1, 0.15) is 44.0 Å². The van der Waals surface area contributed by atoms with Crippen LogP contribution in [0.15, 0.2) is 6.20 Å². The highest BCUT2D eigenvalue weighted by molar-refractivity contribution is 5.20. The molecule has 0 saturated heterocycles. The van der Waals surface area contributed by atoms with Crippen LogP contribution >= 0.6 is 0 Å². The molecule has 0 radical (unpaired) electrons. The van der Waals surface area contributed by atoms with E-state index in [4.69, 9.17) is 4.74 Å². The lowest BCUT2D eigenvalue weighted by Crippen LogP contribution is -2.28. The summed E-state index contributed by atoms with van der Waals surface area (Å²) in [5.41, 5.74) is 2.44. The van der Waals surface area contributed by atoms with E-state index in [-0.39, 0.29) is 0 Å². The fraction of sp³-hybridized carbons (Fsp3) is 0.786. The van der Waals surface area contributed by atoms with Gasteiger partial charge in [-0.1, -0.05) is 13.8 Å². The van der Waals surface area contributed by atoms with Gasteiger partial charge in [0.05, 0.1) is 5.69 Å². The molecule has 1 aromatic heterocycles. The normalized spacial score (nSPS) is 14.7. The van der Waals surface area contributed by atoms with Crippen LogP contribution in [0.4, 0.5) is 0 Å². The first-order valence-corrected chi connectivity index (χ1v) is 6.82. The quantitative estimate of drug-likeness (QED) is 0.773. The van der Waals surface area contributed by atoms with E-state index in [1.807, 2.05) is 11.7 Å². The Bertz CT molecular complexity index is 349. The molecule has 4 nitrogen and oxygen atoms in total. The molecule has 0 aliphatic carbocycles. The van der Waals surface area contributed by atoms with Crippen LogP contribution in [0, 0.1) is 12.8 Å². The predicted octanol–water partition coefficient (Wildman–Crippen LogP) is 2.44. The Kier molecular flexibility index (Phi) is 6.36. The average Bonchev–Trinajstić information content (AvgIpc) is 2.66. The Morgan fingerprint density at radius 2 is 2.22 bits per heavy atom. The molecule has 0 amide bonds. The second-order valence-electron chi connectivity index (χ2n) is 5.03.